The number of amides is 1. The summed E-state index contributed by atoms with van der Waals surface area (Å²) in [6.45, 7) is 19.9. The Kier molecular flexibility index (Phi) is 10.3. The molecule has 2 heterocycles. The summed E-state index contributed by atoms with van der Waals surface area (Å²) >= 11 is 0. The number of rotatable bonds is 8. The number of aromatic nitrogens is 1. The van der Waals surface area contributed by atoms with Gasteiger partial charge in [-0.15, -0.1) is 0 Å². The Balaban J connectivity index is 1.64. The van der Waals surface area contributed by atoms with E-state index in [1.54, 1.807) is 23.1 Å². The molecule has 1 N–H and O–H groups in total. The lowest BCUT2D eigenvalue weighted by atomic mass is 9.92. The predicted octanol–water partition coefficient (Wildman–Crippen LogP) is 8.84. The van der Waals surface area contributed by atoms with Gasteiger partial charge in [-0.3, -0.25) is 9.69 Å². The molecule has 0 bridgehead atoms. The van der Waals surface area contributed by atoms with E-state index in [2.05, 4.69) is 51.3 Å². The molecule has 10 heteroatoms. The molecular weight excluding hydrogens is 657 g/mol. The van der Waals surface area contributed by atoms with Crippen LogP contribution in [0.4, 0.5) is 11.4 Å². The van der Waals surface area contributed by atoms with Gasteiger partial charge in [0.05, 0.1) is 29.5 Å². The summed E-state index contributed by atoms with van der Waals surface area (Å²) < 4.78 is 19.8. The lowest BCUT2D eigenvalue weighted by Gasteiger charge is -2.36. The molecule has 51 heavy (non-hydrogen) atoms. The lowest BCUT2D eigenvalue weighted by molar-refractivity contribution is 0.00701. The summed E-state index contributed by atoms with van der Waals surface area (Å²) in [5.74, 6) is 0.451. The number of hydrogen-bond donors (Lipinski definition) is 1. The SMILES string of the molecule is COc1ccc(N(C(=O)c2cc(-c3cc4c(cc3C(=O)OC(C)(C)C)CNCC4)n(C)c2C)c2ccc(O[Si](C)(C)C(C)(C)C)cc2)cc1C#N. The minimum atomic E-state index is -2.10. The van der Waals surface area contributed by atoms with Gasteiger partial charge in [0.25, 0.3) is 5.91 Å². The number of methoxy groups -OCH3 is 1. The van der Waals surface area contributed by atoms with Crippen LogP contribution in [0.1, 0.15) is 84.6 Å². The normalized spacial score (nSPS) is 13.2. The fourth-order valence-electron chi connectivity index (χ4n) is 5.96. The highest BCUT2D eigenvalue weighted by Gasteiger charge is 2.39. The first-order chi connectivity index (χ1) is 23.8. The third-order valence-electron chi connectivity index (χ3n) is 9.93. The molecule has 1 amide bonds. The predicted molar refractivity (Wildman–Crippen MR) is 205 cm³/mol. The number of benzene rings is 3. The van der Waals surface area contributed by atoms with Gasteiger partial charge in [0, 0.05) is 36.2 Å². The first-order valence-corrected chi connectivity index (χ1v) is 20.2. The van der Waals surface area contributed by atoms with E-state index in [1.165, 1.54) is 7.11 Å². The molecule has 0 saturated carbocycles. The standard InChI is InChI=1S/C41H50N4O5Si/c1-26-33(23-36(44(26)8)34-21-27-18-19-43-25-29(27)22-35(34)39(47)49-40(2,3)4)38(46)45(31-14-17-37(48-9)28(20-31)24-42)30-12-15-32(16-13-30)50-51(10,11)41(5,6)7/h12-17,20-23,43H,18-19,25H2,1-11H3. The van der Waals surface area contributed by atoms with Crippen molar-refractivity contribution < 1.29 is 23.5 Å². The Labute approximate surface area is 303 Å². The highest BCUT2D eigenvalue weighted by atomic mass is 28.4. The van der Waals surface area contributed by atoms with Crippen molar-refractivity contribution in [2.45, 2.75) is 85.2 Å². The number of hydrogen-bond acceptors (Lipinski definition) is 7. The van der Waals surface area contributed by atoms with E-state index < -0.39 is 19.9 Å². The van der Waals surface area contributed by atoms with Crippen LogP contribution in [-0.2, 0) is 24.8 Å². The van der Waals surface area contributed by atoms with Gasteiger partial charge >= 0.3 is 5.97 Å². The van der Waals surface area contributed by atoms with Crippen LogP contribution in [0.15, 0.2) is 60.7 Å². The highest BCUT2D eigenvalue weighted by molar-refractivity contribution is 6.74. The molecule has 4 aromatic rings. The van der Waals surface area contributed by atoms with E-state index in [0.717, 1.165) is 41.2 Å². The Morgan fingerprint density at radius 1 is 0.922 bits per heavy atom. The second-order valence-electron chi connectivity index (χ2n) is 15.7. The molecule has 0 radical (unpaired) electrons. The average Bonchev–Trinajstić information content (AvgIpc) is 3.36. The molecule has 0 spiro atoms. The van der Waals surface area contributed by atoms with Crippen molar-refractivity contribution in [2.24, 2.45) is 7.05 Å². The van der Waals surface area contributed by atoms with E-state index in [4.69, 9.17) is 13.9 Å². The number of anilines is 2. The Hall–Kier alpha value is -4.85. The minimum Gasteiger partial charge on any atom is -0.544 e. The van der Waals surface area contributed by atoms with Crippen LogP contribution in [0.25, 0.3) is 11.3 Å². The first kappa shape index (κ1) is 37.4. The zero-order valence-corrected chi connectivity index (χ0v) is 32.8. The van der Waals surface area contributed by atoms with Crippen molar-refractivity contribution in [3.05, 3.63) is 94.2 Å². The van der Waals surface area contributed by atoms with Crippen molar-refractivity contribution in [1.82, 2.24) is 9.88 Å². The molecule has 9 nitrogen and oxygen atoms in total. The quantitative estimate of drug-likeness (QED) is 0.144. The van der Waals surface area contributed by atoms with Crippen molar-refractivity contribution >= 4 is 31.6 Å². The highest BCUT2D eigenvalue weighted by Crippen LogP contribution is 2.39. The van der Waals surface area contributed by atoms with Gasteiger partial charge in [-0.1, -0.05) is 20.8 Å². The van der Waals surface area contributed by atoms with Crippen LogP contribution in [0.2, 0.25) is 18.1 Å². The first-order valence-electron chi connectivity index (χ1n) is 17.3. The van der Waals surface area contributed by atoms with Gasteiger partial charge in [0.2, 0.25) is 8.32 Å². The molecule has 0 saturated heterocycles. The maximum absolute atomic E-state index is 14.9. The van der Waals surface area contributed by atoms with Crippen LogP contribution in [0, 0.1) is 18.3 Å². The second-order valence-corrected chi connectivity index (χ2v) is 20.4. The Bertz CT molecular complexity index is 2010. The van der Waals surface area contributed by atoms with Crippen molar-refractivity contribution in [1.29, 1.82) is 5.26 Å². The van der Waals surface area contributed by atoms with Crippen LogP contribution >= 0.6 is 0 Å². The zero-order chi connectivity index (χ0) is 37.5. The molecule has 268 valence electrons. The molecule has 3 aromatic carbocycles. The Morgan fingerprint density at radius 3 is 2.20 bits per heavy atom. The molecule has 0 fully saturated rings. The molecule has 0 unspecified atom stereocenters. The van der Waals surface area contributed by atoms with Gasteiger partial charge in [0.1, 0.15) is 23.2 Å². The van der Waals surface area contributed by atoms with Gasteiger partial charge < -0.3 is 23.8 Å². The van der Waals surface area contributed by atoms with Crippen molar-refractivity contribution in [2.75, 3.05) is 18.6 Å². The second kappa shape index (κ2) is 14.0. The molecule has 0 aliphatic carbocycles. The molecular formula is C41H50N4O5Si. The van der Waals surface area contributed by atoms with Crippen molar-refractivity contribution in [3.63, 3.8) is 0 Å². The van der Waals surface area contributed by atoms with Crippen molar-refractivity contribution in [3.8, 4) is 28.8 Å². The minimum absolute atomic E-state index is 0.0191. The maximum Gasteiger partial charge on any atom is 0.339 e. The number of nitriles is 1. The van der Waals surface area contributed by atoms with E-state index in [-0.39, 0.29) is 10.9 Å². The lowest BCUT2D eigenvalue weighted by Crippen LogP contribution is -2.43. The molecule has 0 atom stereocenters. The fourth-order valence-corrected chi connectivity index (χ4v) is 6.99. The smallest absolute Gasteiger partial charge is 0.339 e. The van der Waals surface area contributed by atoms with Gasteiger partial charge in [-0.2, -0.15) is 5.26 Å². The number of carbonyl (C=O) groups excluding carboxylic acids is 2. The third-order valence-corrected chi connectivity index (χ3v) is 14.3. The third kappa shape index (κ3) is 7.75. The summed E-state index contributed by atoms with van der Waals surface area (Å²) in [7, 11) is 1.31. The number of esters is 1. The van der Waals surface area contributed by atoms with Crippen LogP contribution < -0.4 is 19.4 Å². The van der Waals surface area contributed by atoms with Gasteiger partial charge in [0.15, 0.2) is 0 Å². The van der Waals surface area contributed by atoms with Crippen LogP contribution in [0.3, 0.4) is 0 Å². The van der Waals surface area contributed by atoms with E-state index in [9.17, 15) is 14.9 Å². The summed E-state index contributed by atoms with van der Waals surface area (Å²) in [4.78, 5) is 30.1. The van der Waals surface area contributed by atoms with Gasteiger partial charge in [-0.05, 0) is 131 Å². The number of ether oxygens (including phenoxy) is 2. The number of nitrogens with one attached hydrogen (secondary N) is 1. The monoisotopic (exact) mass is 706 g/mol. The topological polar surface area (TPSA) is 106 Å². The summed E-state index contributed by atoms with van der Waals surface area (Å²) in [6.07, 6.45) is 0.827. The van der Waals surface area contributed by atoms with Gasteiger partial charge in [-0.25, -0.2) is 4.79 Å². The maximum atomic E-state index is 14.9. The summed E-state index contributed by atoms with van der Waals surface area (Å²) in [6, 6.07) is 20.7. The largest absolute Gasteiger partial charge is 0.544 e. The fraction of sp³-hybridized carbons (Fsp3) is 0.390. The number of carbonyl (C=O) groups is 2. The van der Waals surface area contributed by atoms with E-state index >= 15 is 0 Å². The Morgan fingerprint density at radius 2 is 1.59 bits per heavy atom. The molecule has 5 rings (SSSR count). The van der Waals surface area contributed by atoms with Crippen LogP contribution in [0.5, 0.6) is 11.5 Å². The number of fused-ring (bicyclic) bond motifs is 1. The molecule has 1 aliphatic heterocycles. The zero-order valence-electron chi connectivity index (χ0n) is 31.8. The average molecular weight is 707 g/mol. The molecule has 1 aromatic heterocycles. The summed E-state index contributed by atoms with van der Waals surface area (Å²) in [5, 5.41) is 13.3. The molecule has 1 aliphatic rings. The van der Waals surface area contributed by atoms with E-state index in [0.29, 0.717) is 45.9 Å². The summed E-state index contributed by atoms with van der Waals surface area (Å²) in [5.41, 5.74) is 6.04. The van der Waals surface area contributed by atoms with E-state index in [1.807, 2.05) is 75.7 Å². The van der Waals surface area contributed by atoms with Crippen LogP contribution in [-0.4, -0.2) is 44.0 Å². The number of nitrogens with zero attached hydrogens (tertiary/aromatic N) is 3.